The first-order valence-corrected chi connectivity index (χ1v) is 4.15. The van der Waals surface area contributed by atoms with E-state index in [2.05, 4.69) is 19.4 Å². The minimum absolute atomic E-state index is 0.556. The van der Waals surface area contributed by atoms with Gasteiger partial charge in [-0.1, -0.05) is 10.3 Å². The predicted molar refractivity (Wildman–Crippen MR) is 43.0 cm³/mol. The average molecular weight is 274 g/mol. The number of rotatable bonds is 0. The molecule has 0 bridgehead atoms. The van der Waals surface area contributed by atoms with Crippen molar-refractivity contribution < 1.29 is 35.4 Å². The maximum Gasteiger partial charge on any atom is 0.436 e. The molecule has 0 radical (unpaired) electrons. The maximum absolute atomic E-state index is 11.5. The van der Waals surface area contributed by atoms with Gasteiger partial charge in [-0.05, 0) is 0 Å². The van der Waals surface area contributed by atoms with Gasteiger partial charge < -0.3 is 9.05 Å². The second-order valence-electron chi connectivity index (χ2n) is 2.79. The van der Waals surface area contributed by atoms with Crippen LogP contribution in [0.25, 0.3) is 0 Å². The van der Waals surface area contributed by atoms with Gasteiger partial charge in [0.15, 0.2) is 5.69 Å². The van der Waals surface area contributed by atoms with Crippen LogP contribution >= 0.6 is 0 Å². The van der Waals surface area contributed by atoms with Crippen LogP contribution in [0, 0.1) is 0 Å². The normalized spacial score (nSPS) is 11.9. The van der Waals surface area contributed by atoms with Crippen molar-refractivity contribution in [2.45, 2.75) is 12.4 Å². The molecule has 10 heteroatoms. The van der Waals surface area contributed by atoms with Gasteiger partial charge >= 0.3 is 12.4 Å². The van der Waals surface area contributed by atoms with E-state index in [1.807, 2.05) is 0 Å². The molecule has 2 aromatic rings. The minimum atomic E-state index is -4.38. The molecular weight excluding hydrogens is 270 g/mol. The Kier molecular flexibility index (Phi) is 3.99. The highest BCUT2D eigenvalue weighted by Crippen LogP contribution is 2.28. The second-order valence-corrected chi connectivity index (χ2v) is 2.79. The molecule has 0 aliphatic rings. The van der Waals surface area contributed by atoms with Crippen LogP contribution in [0.4, 0.5) is 26.3 Å². The number of hydrogen-bond acceptors (Lipinski definition) is 4. The van der Waals surface area contributed by atoms with E-state index >= 15 is 0 Å². The number of halogens is 6. The van der Waals surface area contributed by atoms with Crippen LogP contribution in [0.1, 0.15) is 11.3 Å². The molecule has 0 aliphatic heterocycles. The second kappa shape index (κ2) is 5.10. The molecule has 0 spiro atoms. The molecule has 18 heavy (non-hydrogen) atoms. The van der Waals surface area contributed by atoms with Crippen LogP contribution < -0.4 is 0 Å². The Labute approximate surface area is 95.1 Å². The molecule has 0 aromatic carbocycles. The van der Waals surface area contributed by atoms with Crippen molar-refractivity contribution in [2.75, 3.05) is 0 Å². The third-order valence-corrected chi connectivity index (χ3v) is 1.49. The summed E-state index contributed by atoms with van der Waals surface area (Å²) in [5.41, 5.74) is -1.86. The first kappa shape index (κ1) is 14.1. The summed E-state index contributed by atoms with van der Waals surface area (Å²) in [5, 5.41) is 5.58. The molecule has 0 fully saturated rings. The lowest BCUT2D eigenvalue weighted by atomic mass is 10.4. The van der Waals surface area contributed by atoms with E-state index in [9.17, 15) is 26.3 Å². The monoisotopic (exact) mass is 274 g/mol. The summed E-state index contributed by atoms with van der Waals surface area (Å²) in [6, 6.07) is 0.764. The summed E-state index contributed by atoms with van der Waals surface area (Å²) in [5.74, 6) is 0. The Morgan fingerprint density at radius 3 is 1.83 bits per heavy atom. The molecule has 2 heterocycles. The summed E-state index contributed by atoms with van der Waals surface area (Å²) < 4.78 is 77.0. The third-order valence-electron chi connectivity index (χ3n) is 1.49. The largest absolute Gasteiger partial charge is 0.436 e. The van der Waals surface area contributed by atoms with Gasteiger partial charge in [-0.15, -0.1) is 0 Å². The van der Waals surface area contributed by atoms with Gasteiger partial charge in [0.25, 0.3) is 0 Å². The van der Waals surface area contributed by atoms with Gasteiger partial charge in [-0.3, -0.25) is 0 Å². The van der Waals surface area contributed by atoms with Crippen LogP contribution in [-0.4, -0.2) is 10.3 Å². The standard InChI is InChI=1S/2C4H2F3NO/c5-4(6,7)3-1-8-9-2-3;5-4(6,7)3-1-2-9-8-3/h2*1-2H. The Hall–Kier alpha value is -2.00. The summed E-state index contributed by atoms with van der Waals surface area (Å²) in [6.45, 7) is 0. The first-order valence-electron chi connectivity index (χ1n) is 4.15. The molecule has 2 aromatic heterocycles. The van der Waals surface area contributed by atoms with E-state index in [1.54, 1.807) is 0 Å². The summed E-state index contributed by atoms with van der Waals surface area (Å²) in [7, 11) is 0. The van der Waals surface area contributed by atoms with Crippen molar-refractivity contribution in [3.8, 4) is 0 Å². The van der Waals surface area contributed by atoms with Crippen molar-refractivity contribution >= 4 is 0 Å². The lowest BCUT2D eigenvalue weighted by Crippen LogP contribution is -2.04. The zero-order chi connectivity index (χ0) is 13.8. The molecule has 0 aliphatic carbocycles. The van der Waals surface area contributed by atoms with Crippen LogP contribution in [0.15, 0.2) is 33.8 Å². The van der Waals surface area contributed by atoms with Crippen molar-refractivity contribution in [1.29, 1.82) is 0 Å². The van der Waals surface area contributed by atoms with Gasteiger partial charge in [0.05, 0.1) is 6.20 Å². The van der Waals surface area contributed by atoms with Crippen LogP contribution in [-0.2, 0) is 12.4 Å². The van der Waals surface area contributed by atoms with Crippen molar-refractivity contribution in [3.05, 3.63) is 36.0 Å². The van der Waals surface area contributed by atoms with Crippen LogP contribution in [0.3, 0.4) is 0 Å². The highest BCUT2D eigenvalue weighted by Gasteiger charge is 2.33. The number of hydrogen-bond donors (Lipinski definition) is 0. The van der Waals surface area contributed by atoms with Gasteiger partial charge in [-0.2, -0.15) is 26.3 Å². The fourth-order valence-electron chi connectivity index (χ4n) is 0.704. The van der Waals surface area contributed by atoms with Gasteiger partial charge in [0.2, 0.25) is 0 Å². The Bertz CT molecular complexity index is 401. The molecule has 0 saturated heterocycles. The lowest BCUT2D eigenvalue weighted by Gasteiger charge is -1.97. The highest BCUT2D eigenvalue weighted by molar-refractivity contribution is 5.04. The van der Waals surface area contributed by atoms with E-state index in [4.69, 9.17) is 0 Å². The Balaban J connectivity index is 0.000000180. The van der Waals surface area contributed by atoms with Gasteiger partial charge in [0, 0.05) is 6.07 Å². The van der Waals surface area contributed by atoms with Crippen molar-refractivity contribution in [1.82, 2.24) is 10.3 Å². The molecule has 0 unspecified atom stereocenters. The molecule has 0 N–H and O–H groups in total. The molecule has 2 rings (SSSR count). The average Bonchev–Trinajstić information content (AvgIpc) is 2.91. The Morgan fingerprint density at radius 1 is 0.944 bits per heavy atom. The summed E-state index contributed by atoms with van der Waals surface area (Å²) in [6.07, 6.45) is -6.66. The number of aromatic nitrogens is 2. The summed E-state index contributed by atoms with van der Waals surface area (Å²) in [4.78, 5) is 0. The minimum Gasteiger partial charge on any atom is -0.364 e. The lowest BCUT2D eigenvalue weighted by molar-refractivity contribution is -0.142. The van der Waals surface area contributed by atoms with Gasteiger partial charge in [-0.25, -0.2) is 0 Å². The first-order chi connectivity index (χ1) is 8.21. The molecule has 100 valence electrons. The molecule has 0 saturated carbocycles. The van der Waals surface area contributed by atoms with Crippen molar-refractivity contribution in [2.24, 2.45) is 0 Å². The Morgan fingerprint density at radius 2 is 1.61 bits per heavy atom. The van der Waals surface area contributed by atoms with E-state index in [-0.39, 0.29) is 0 Å². The fraction of sp³-hybridized carbons (Fsp3) is 0.250. The third kappa shape index (κ3) is 4.11. The SMILES string of the molecule is FC(F)(F)c1ccon1.FC(F)(F)c1cnoc1. The molecule has 0 amide bonds. The van der Waals surface area contributed by atoms with E-state index in [0.29, 0.717) is 12.5 Å². The fourth-order valence-corrected chi connectivity index (χ4v) is 0.704. The quantitative estimate of drug-likeness (QED) is 0.691. The molecule has 4 nitrogen and oxygen atoms in total. The smallest absolute Gasteiger partial charge is 0.364 e. The molecule has 0 atom stereocenters. The topological polar surface area (TPSA) is 52.1 Å². The van der Waals surface area contributed by atoms with Crippen LogP contribution in [0.5, 0.6) is 0 Å². The zero-order valence-corrected chi connectivity index (χ0v) is 8.29. The van der Waals surface area contributed by atoms with E-state index in [0.717, 1.165) is 12.3 Å². The van der Waals surface area contributed by atoms with Crippen molar-refractivity contribution in [3.63, 3.8) is 0 Å². The van der Waals surface area contributed by atoms with E-state index in [1.165, 1.54) is 0 Å². The molecular formula is C8H4F6N2O2. The zero-order valence-electron chi connectivity index (χ0n) is 8.29. The maximum atomic E-state index is 11.5. The summed E-state index contributed by atoms with van der Waals surface area (Å²) >= 11 is 0. The van der Waals surface area contributed by atoms with E-state index < -0.39 is 23.6 Å². The predicted octanol–water partition coefficient (Wildman–Crippen LogP) is 3.39. The highest BCUT2D eigenvalue weighted by atomic mass is 19.4. The van der Waals surface area contributed by atoms with Crippen LogP contribution in [0.2, 0.25) is 0 Å². The number of alkyl halides is 6. The number of nitrogens with zero attached hydrogens (tertiary/aromatic N) is 2. The van der Waals surface area contributed by atoms with Gasteiger partial charge in [0.1, 0.15) is 18.1 Å².